The van der Waals surface area contributed by atoms with E-state index in [4.69, 9.17) is 0 Å². The highest BCUT2D eigenvalue weighted by Crippen LogP contribution is 2.29. The molecule has 0 spiro atoms. The van der Waals surface area contributed by atoms with Crippen molar-refractivity contribution in [3.05, 3.63) is 10.7 Å². The Bertz CT molecular complexity index is 556. The SMILES string of the molecule is CCCc1nnsc1-c1nnc(CCCNC(C)(C)C)s1. The van der Waals surface area contributed by atoms with Crippen LogP contribution in [0.5, 0.6) is 0 Å². The maximum Gasteiger partial charge on any atom is 0.161 e. The van der Waals surface area contributed by atoms with Crippen LogP contribution >= 0.6 is 22.9 Å². The van der Waals surface area contributed by atoms with Crippen LogP contribution in [0.1, 0.15) is 51.2 Å². The lowest BCUT2D eigenvalue weighted by atomic mass is 10.1. The van der Waals surface area contributed by atoms with Gasteiger partial charge in [0.05, 0.1) is 5.69 Å². The molecule has 0 unspecified atom stereocenters. The van der Waals surface area contributed by atoms with E-state index < -0.39 is 0 Å². The number of aryl methyl sites for hydroxylation is 2. The van der Waals surface area contributed by atoms with E-state index in [9.17, 15) is 0 Å². The molecule has 0 amide bonds. The van der Waals surface area contributed by atoms with Crippen LogP contribution in [-0.2, 0) is 12.8 Å². The lowest BCUT2D eigenvalue weighted by Crippen LogP contribution is -2.36. The van der Waals surface area contributed by atoms with Gasteiger partial charge in [0.25, 0.3) is 0 Å². The second-order valence-electron chi connectivity index (χ2n) is 6.08. The van der Waals surface area contributed by atoms with Crippen molar-refractivity contribution in [3.8, 4) is 9.88 Å². The van der Waals surface area contributed by atoms with Crippen LogP contribution in [0.3, 0.4) is 0 Å². The third-order valence-corrected chi connectivity index (χ3v) is 4.83. The number of hydrogen-bond donors (Lipinski definition) is 1. The zero-order valence-electron chi connectivity index (χ0n) is 13.1. The smallest absolute Gasteiger partial charge is 0.161 e. The lowest BCUT2D eigenvalue weighted by molar-refractivity contribution is 0.422. The minimum Gasteiger partial charge on any atom is -0.312 e. The van der Waals surface area contributed by atoms with Crippen LogP contribution in [0.15, 0.2) is 0 Å². The highest BCUT2D eigenvalue weighted by atomic mass is 32.1. The number of nitrogens with one attached hydrogen (secondary N) is 1. The maximum atomic E-state index is 4.31. The Balaban J connectivity index is 1.91. The Hall–Kier alpha value is -0.920. The van der Waals surface area contributed by atoms with Crippen LogP contribution in [0, 0.1) is 0 Å². The third-order valence-electron chi connectivity index (χ3n) is 2.93. The van der Waals surface area contributed by atoms with E-state index in [1.165, 1.54) is 11.5 Å². The molecule has 0 bridgehead atoms. The van der Waals surface area contributed by atoms with E-state index in [0.29, 0.717) is 0 Å². The molecule has 0 aliphatic heterocycles. The highest BCUT2D eigenvalue weighted by molar-refractivity contribution is 7.19. The minimum absolute atomic E-state index is 0.176. The molecule has 2 aromatic rings. The third kappa shape index (κ3) is 5.09. The molecule has 0 saturated heterocycles. The summed E-state index contributed by atoms with van der Waals surface area (Å²) in [6, 6.07) is 0. The van der Waals surface area contributed by atoms with Crippen LogP contribution in [-0.4, -0.2) is 31.9 Å². The second-order valence-corrected chi connectivity index (χ2v) is 7.90. The van der Waals surface area contributed by atoms with Gasteiger partial charge in [-0.2, -0.15) is 0 Å². The van der Waals surface area contributed by atoms with Gasteiger partial charge in [0.15, 0.2) is 5.01 Å². The van der Waals surface area contributed by atoms with Crippen LogP contribution in [0.2, 0.25) is 0 Å². The van der Waals surface area contributed by atoms with Crippen molar-refractivity contribution in [1.82, 2.24) is 25.1 Å². The number of aromatic nitrogens is 4. The van der Waals surface area contributed by atoms with E-state index in [1.807, 2.05) is 0 Å². The summed E-state index contributed by atoms with van der Waals surface area (Å²) in [7, 11) is 0. The summed E-state index contributed by atoms with van der Waals surface area (Å²) in [5.41, 5.74) is 1.23. The molecule has 0 fully saturated rings. The Morgan fingerprint density at radius 1 is 1.10 bits per heavy atom. The first-order valence-corrected chi connectivity index (χ1v) is 8.97. The molecule has 0 aliphatic carbocycles. The van der Waals surface area contributed by atoms with Gasteiger partial charge < -0.3 is 5.32 Å². The molecule has 0 aliphatic rings. The minimum atomic E-state index is 0.176. The van der Waals surface area contributed by atoms with E-state index in [2.05, 4.69) is 52.8 Å². The molecule has 7 heteroatoms. The van der Waals surface area contributed by atoms with Gasteiger partial charge >= 0.3 is 0 Å². The van der Waals surface area contributed by atoms with Crippen molar-refractivity contribution in [1.29, 1.82) is 0 Å². The molecule has 2 heterocycles. The molecule has 1 N–H and O–H groups in total. The summed E-state index contributed by atoms with van der Waals surface area (Å²) in [5, 5.41) is 18.3. The summed E-state index contributed by atoms with van der Waals surface area (Å²) in [6.45, 7) is 9.70. The Labute approximate surface area is 134 Å². The molecule has 0 saturated carbocycles. The normalized spacial score (nSPS) is 12.0. The molecule has 0 atom stereocenters. The summed E-state index contributed by atoms with van der Waals surface area (Å²) < 4.78 is 4.05. The molecule has 2 aromatic heterocycles. The van der Waals surface area contributed by atoms with Gasteiger partial charge in [-0.3, -0.25) is 0 Å². The first-order chi connectivity index (χ1) is 9.99. The number of rotatable bonds is 7. The zero-order valence-corrected chi connectivity index (χ0v) is 14.8. The van der Waals surface area contributed by atoms with Crippen molar-refractivity contribution in [3.63, 3.8) is 0 Å². The monoisotopic (exact) mass is 325 g/mol. The van der Waals surface area contributed by atoms with Gasteiger partial charge in [0, 0.05) is 12.0 Å². The second kappa shape index (κ2) is 7.38. The summed E-state index contributed by atoms with van der Waals surface area (Å²) in [6.07, 6.45) is 4.07. The first-order valence-electron chi connectivity index (χ1n) is 7.38. The van der Waals surface area contributed by atoms with Gasteiger partial charge in [-0.25, -0.2) is 0 Å². The molecule has 2 rings (SSSR count). The first kappa shape index (κ1) is 16.5. The van der Waals surface area contributed by atoms with E-state index >= 15 is 0 Å². The Morgan fingerprint density at radius 2 is 1.90 bits per heavy atom. The van der Waals surface area contributed by atoms with Crippen LogP contribution in [0.25, 0.3) is 9.88 Å². The molecular weight excluding hydrogens is 302 g/mol. The summed E-state index contributed by atoms with van der Waals surface area (Å²) in [4.78, 5) is 1.09. The van der Waals surface area contributed by atoms with Crippen molar-refractivity contribution in [2.75, 3.05) is 6.54 Å². The van der Waals surface area contributed by atoms with Crippen LogP contribution < -0.4 is 5.32 Å². The predicted molar refractivity (Wildman–Crippen MR) is 88.9 cm³/mol. The van der Waals surface area contributed by atoms with Crippen molar-refractivity contribution in [2.45, 2.75) is 58.9 Å². The fourth-order valence-electron chi connectivity index (χ4n) is 1.92. The van der Waals surface area contributed by atoms with Gasteiger partial charge in [-0.1, -0.05) is 29.2 Å². The van der Waals surface area contributed by atoms with Gasteiger partial charge in [0.1, 0.15) is 9.88 Å². The molecule has 5 nitrogen and oxygen atoms in total. The Kier molecular flexibility index (Phi) is 5.78. The zero-order chi connectivity index (χ0) is 15.3. The Morgan fingerprint density at radius 3 is 2.62 bits per heavy atom. The fraction of sp³-hybridized carbons (Fsp3) is 0.714. The molecule has 0 radical (unpaired) electrons. The van der Waals surface area contributed by atoms with E-state index in [-0.39, 0.29) is 5.54 Å². The number of hydrogen-bond acceptors (Lipinski definition) is 7. The maximum absolute atomic E-state index is 4.31. The average Bonchev–Trinajstić information content (AvgIpc) is 3.02. The van der Waals surface area contributed by atoms with Crippen molar-refractivity contribution >= 4 is 22.9 Å². The molecule has 0 aromatic carbocycles. The summed E-state index contributed by atoms with van der Waals surface area (Å²) >= 11 is 3.09. The van der Waals surface area contributed by atoms with Gasteiger partial charge in [-0.05, 0) is 51.7 Å². The quantitative estimate of drug-likeness (QED) is 0.791. The summed E-state index contributed by atoms with van der Waals surface area (Å²) in [5.74, 6) is 0. The molecular formula is C14H23N5S2. The van der Waals surface area contributed by atoms with Crippen LogP contribution in [0.4, 0.5) is 0 Å². The fourth-order valence-corrected chi connectivity index (χ4v) is 3.59. The van der Waals surface area contributed by atoms with Gasteiger partial charge in [0.2, 0.25) is 0 Å². The topological polar surface area (TPSA) is 63.6 Å². The van der Waals surface area contributed by atoms with E-state index in [1.54, 1.807) is 11.3 Å². The molecule has 21 heavy (non-hydrogen) atoms. The number of nitrogens with zero attached hydrogens (tertiary/aromatic N) is 4. The molecule has 116 valence electrons. The standard InChI is InChI=1S/C14H23N5S2/c1-5-7-10-12(21-19-16-10)13-18-17-11(20-13)8-6-9-15-14(2,3)4/h15H,5-9H2,1-4H3. The van der Waals surface area contributed by atoms with Crippen molar-refractivity contribution in [2.24, 2.45) is 0 Å². The predicted octanol–water partition coefficient (Wildman–Crippen LogP) is 3.33. The lowest BCUT2D eigenvalue weighted by Gasteiger charge is -2.20. The van der Waals surface area contributed by atoms with Crippen molar-refractivity contribution < 1.29 is 0 Å². The van der Waals surface area contributed by atoms with E-state index in [0.717, 1.165) is 52.8 Å². The highest BCUT2D eigenvalue weighted by Gasteiger charge is 2.15. The van der Waals surface area contributed by atoms with Gasteiger partial charge in [-0.15, -0.1) is 15.3 Å². The largest absolute Gasteiger partial charge is 0.312 e. The average molecular weight is 326 g/mol.